The van der Waals surface area contributed by atoms with Gasteiger partial charge in [0.25, 0.3) is 0 Å². The number of pyridine rings is 1. The van der Waals surface area contributed by atoms with E-state index in [1.165, 1.54) is 0 Å². The van der Waals surface area contributed by atoms with E-state index in [2.05, 4.69) is 47.3 Å². The number of ether oxygens (including phenoxy) is 4. The summed E-state index contributed by atoms with van der Waals surface area (Å²) in [4.78, 5) is 13.8. The van der Waals surface area contributed by atoms with Crippen molar-refractivity contribution in [1.29, 1.82) is 0 Å². The van der Waals surface area contributed by atoms with E-state index in [0.29, 0.717) is 34.5 Å². The summed E-state index contributed by atoms with van der Waals surface area (Å²) in [6.45, 7) is 14.0. The quantitative estimate of drug-likeness (QED) is 0.112. The minimum atomic E-state index is -1.28. The van der Waals surface area contributed by atoms with Crippen LogP contribution < -0.4 is 4.74 Å². The van der Waals surface area contributed by atoms with Gasteiger partial charge in [-0.3, -0.25) is 9.56 Å². The number of benzene rings is 1. The van der Waals surface area contributed by atoms with Crippen molar-refractivity contribution in [3.05, 3.63) is 63.2 Å². The van der Waals surface area contributed by atoms with Crippen molar-refractivity contribution in [2.75, 3.05) is 19.8 Å². The standard InChI is InChI=1S/C30H36BrClN4O5Si/c1-18(6-11-22(33-2)19-7-9-20(31)10-8-19)26-21(32)14-23-29(35-26)36(17-38-12-13-42(3,4)5)30(34-23)41-25-16-40-27-24(37)15-39-28(25)27/h6-11,14,24-25,27-28,37H,2,12-13,15-17H2,1,3-5H3/b18-6+,22-11-/t24-,25-,27-,28-/m1/s1. The summed E-state index contributed by atoms with van der Waals surface area (Å²) in [5.41, 5.74) is 4.30. The van der Waals surface area contributed by atoms with Gasteiger partial charge < -0.3 is 24.1 Å². The van der Waals surface area contributed by atoms with Crippen LogP contribution in [0.4, 0.5) is 0 Å². The molecule has 1 N–H and O–H groups in total. The molecule has 2 aliphatic heterocycles. The molecule has 2 saturated heterocycles. The molecule has 2 aliphatic rings. The third-order valence-corrected chi connectivity index (χ3v) is 9.79. The van der Waals surface area contributed by atoms with E-state index in [1.54, 1.807) is 6.07 Å². The summed E-state index contributed by atoms with van der Waals surface area (Å²) in [6.07, 6.45) is 1.95. The number of imidazole rings is 1. The second-order valence-electron chi connectivity index (χ2n) is 11.7. The zero-order chi connectivity index (χ0) is 30.0. The Morgan fingerprint density at radius 2 is 1.93 bits per heavy atom. The van der Waals surface area contributed by atoms with Crippen molar-refractivity contribution < 1.29 is 24.1 Å². The third kappa shape index (κ3) is 7.04. The van der Waals surface area contributed by atoms with E-state index in [0.717, 1.165) is 27.4 Å². The number of hydrogen-bond acceptors (Lipinski definition) is 8. The number of aliphatic hydroxyl groups excluding tert-OH is 1. The summed E-state index contributed by atoms with van der Waals surface area (Å²) in [6, 6.07) is 11.0. The van der Waals surface area contributed by atoms with Crippen LogP contribution in [0.15, 0.2) is 51.9 Å². The first kappa shape index (κ1) is 31.1. The predicted octanol–water partition coefficient (Wildman–Crippen LogP) is 6.21. The zero-order valence-corrected chi connectivity index (χ0v) is 27.6. The number of halogens is 2. The molecule has 1 aromatic carbocycles. The van der Waals surface area contributed by atoms with E-state index < -0.39 is 26.4 Å². The normalized spacial score (nSPS) is 23.0. The number of aliphatic imine (C=N–C) groups is 1. The van der Waals surface area contributed by atoms with Crippen LogP contribution in [0.2, 0.25) is 30.7 Å². The van der Waals surface area contributed by atoms with Crippen LogP contribution in [-0.4, -0.2) is 78.7 Å². The van der Waals surface area contributed by atoms with Crippen molar-refractivity contribution in [2.45, 2.75) is 63.8 Å². The summed E-state index contributed by atoms with van der Waals surface area (Å²) < 4.78 is 26.8. The Bertz CT molecular complexity index is 1500. The Balaban J connectivity index is 1.46. The van der Waals surface area contributed by atoms with Gasteiger partial charge in [-0.2, -0.15) is 4.98 Å². The molecule has 224 valence electrons. The average molecular weight is 676 g/mol. The fraction of sp³-hybridized carbons (Fsp3) is 0.433. The Hall–Kier alpha value is -2.38. The van der Waals surface area contributed by atoms with Gasteiger partial charge in [0, 0.05) is 24.7 Å². The molecular weight excluding hydrogens is 640 g/mol. The fourth-order valence-corrected chi connectivity index (χ4v) is 6.16. The van der Waals surface area contributed by atoms with Crippen molar-refractivity contribution in [3.8, 4) is 6.01 Å². The van der Waals surface area contributed by atoms with E-state index in [4.69, 9.17) is 40.5 Å². The number of hydrogen-bond donors (Lipinski definition) is 1. The van der Waals surface area contributed by atoms with Crippen LogP contribution in [0.3, 0.4) is 0 Å². The van der Waals surface area contributed by atoms with Gasteiger partial charge >= 0.3 is 6.01 Å². The smallest absolute Gasteiger partial charge is 0.301 e. The molecule has 4 atom stereocenters. The lowest BCUT2D eigenvalue weighted by Gasteiger charge is -2.19. The summed E-state index contributed by atoms with van der Waals surface area (Å²) in [5.74, 6) is 0. The van der Waals surface area contributed by atoms with E-state index in [1.807, 2.05) is 47.9 Å². The van der Waals surface area contributed by atoms with E-state index >= 15 is 0 Å². The summed E-state index contributed by atoms with van der Waals surface area (Å²) in [7, 11) is -1.28. The Morgan fingerprint density at radius 1 is 1.19 bits per heavy atom. The molecule has 0 radical (unpaired) electrons. The molecule has 3 aromatic rings. The molecule has 0 unspecified atom stereocenters. The molecule has 0 aliphatic carbocycles. The van der Waals surface area contributed by atoms with Crippen molar-refractivity contribution in [2.24, 2.45) is 4.99 Å². The van der Waals surface area contributed by atoms with Gasteiger partial charge in [-0.15, -0.1) is 0 Å². The van der Waals surface area contributed by atoms with Crippen LogP contribution in [0.25, 0.3) is 22.4 Å². The van der Waals surface area contributed by atoms with E-state index in [-0.39, 0.29) is 26.0 Å². The maximum atomic E-state index is 10.2. The first-order valence-electron chi connectivity index (χ1n) is 13.9. The van der Waals surface area contributed by atoms with E-state index in [9.17, 15) is 5.11 Å². The number of fused-ring (bicyclic) bond motifs is 2. The number of aliphatic hydroxyl groups is 1. The minimum Gasteiger partial charge on any atom is -0.456 e. The topological polar surface area (TPSA) is 100 Å². The molecule has 4 heterocycles. The highest BCUT2D eigenvalue weighted by molar-refractivity contribution is 9.10. The maximum absolute atomic E-state index is 10.2. The lowest BCUT2D eigenvalue weighted by molar-refractivity contribution is 0.00336. The third-order valence-electron chi connectivity index (χ3n) is 7.27. The van der Waals surface area contributed by atoms with Crippen LogP contribution >= 0.6 is 27.5 Å². The lowest BCUT2D eigenvalue weighted by Crippen LogP contribution is -2.35. The minimum absolute atomic E-state index is 0.215. The second-order valence-corrected chi connectivity index (χ2v) is 18.7. The fourth-order valence-electron chi connectivity index (χ4n) is 4.85. The van der Waals surface area contributed by atoms with Gasteiger partial charge in [0.05, 0.1) is 29.6 Å². The molecule has 0 bridgehead atoms. The highest BCUT2D eigenvalue weighted by Crippen LogP contribution is 2.33. The Labute approximate surface area is 260 Å². The lowest BCUT2D eigenvalue weighted by atomic mass is 10.1. The van der Waals surface area contributed by atoms with Gasteiger partial charge in [0.2, 0.25) is 0 Å². The zero-order valence-electron chi connectivity index (χ0n) is 24.2. The number of rotatable bonds is 11. The molecule has 5 rings (SSSR count). The molecule has 0 amide bonds. The van der Waals surface area contributed by atoms with Crippen LogP contribution in [0.5, 0.6) is 6.01 Å². The van der Waals surface area contributed by atoms with Crippen molar-refractivity contribution >= 4 is 64.8 Å². The molecule has 2 aromatic heterocycles. The van der Waals surface area contributed by atoms with Crippen molar-refractivity contribution in [3.63, 3.8) is 0 Å². The highest BCUT2D eigenvalue weighted by Gasteiger charge is 2.49. The number of aromatic nitrogens is 3. The molecule has 2 fully saturated rings. The first-order chi connectivity index (χ1) is 20.0. The Morgan fingerprint density at radius 3 is 2.64 bits per heavy atom. The monoisotopic (exact) mass is 674 g/mol. The molecule has 0 spiro atoms. The molecule has 9 nitrogen and oxygen atoms in total. The van der Waals surface area contributed by atoms with Crippen molar-refractivity contribution in [1.82, 2.24) is 14.5 Å². The van der Waals surface area contributed by atoms with Crippen LogP contribution in [-0.2, 0) is 20.9 Å². The molecule has 0 saturated carbocycles. The summed E-state index contributed by atoms with van der Waals surface area (Å²) >= 11 is 10.2. The SMILES string of the molecule is C=N/C(=C\C=C(/C)c1nc2c(cc1Cl)nc(O[C@@H]1CO[C@H]3[C@@H]1OC[C@H]3O)n2COCC[Si](C)(C)C)c1ccc(Br)cc1. The van der Waals surface area contributed by atoms with Crippen LogP contribution in [0.1, 0.15) is 18.2 Å². The van der Waals surface area contributed by atoms with Crippen LogP contribution in [0, 0.1) is 0 Å². The molecule has 42 heavy (non-hydrogen) atoms. The summed E-state index contributed by atoms with van der Waals surface area (Å²) in [5, 5.41) is 10.6. The first-order valence-corrected chi connectivity index (χ1v) is 18.8. The predicted molar refractivity (Wildman–Crippen MR) is 172 cm³/mol. The average Bonchev–Trinajstić information content (AvgIpc) is 3.61. The number of nitrogens with zero attached hydrogens (tertiary/aromatic N) is 4. The van der Waals surface area contributed by atoms with Gasteiger partial charge in [-0.25, -0.2) is 4.98 Å². The molecular formula is C30H36BrClN4O5Si. The largest absolute Gasteiger partial charge is 0.456 e. The molecule has 12 heteroatoms. The number of allylic oxidation sites excluding steroid dienone is 3. The second kappa shape index (κ2) is 13.1. The van der Waals surface area contributed by atoms with Gasteiger partial charge in [-0.05, 0) is 49.5 Å². The van der Waals surface area contributed by atoms with Gasteiger partial charge in [-0.1, -0.05) is 65.4 Å². The Kier molecular flexibility index (Phi) is 9.68. The van der Waals surface area contributed by atoms with Gasteiger partial charge in [0.15, 0.2) is 11.8 Å². The van der Waals surface area contributed by atoms with Gasteiger partial charge in [0.1, 0.15) is 30.6 Å². The highest BCUT2D eigenvalue weighted by atomic mass is 79.9. The maximum Gasteiger partial charge on any atom is 0.301 e.